The van der Waals surface area contributed by atoms with Gasteiger partial charge < -0.3 is 10.6 Å². The molecule has 1 fully saturated rings. The topological polar surface area (TPSA) is 41.1 Å². The number of carbonyl (C=O) groups excluding carboxylic acids is 1. The molecule has 18 heavy (non-hydrogen) atoms. The predicted molar refractivity (Wildman–Crippen MR) is 73.4 cm³/mol. The van der Waals surface area contributed by atoms with Crippen molar-refractivity contribution in [2.75, 3.05) is 19.6 Å². The fraction of sp³-hybridized carbons (Fsp3) is 0.533. The number of hydrogen-bond donors (Lipinski definition) is 2. The molecule has 0 radical (unpaired) electrons. The highest BCUT2D eigenvalue weighted by Gasteiger charge is 2.34. The van der Waals surface area contributed by atoms with Gasteiger partial charge in [0, 0.05) is 13.1 Å². The van der Waals surface area contributed by atoms with Crippen LogP contribution >= 0.6 is 0 Å². The third kappa shape index (κ3) is 3.33. The molecule has 98 valence electrons. The zero-order chi connectivity index (χ0) is 12.8. The van der Waals surface area contributed by atoms with Crippen LogP contribution in [0.5, 0.6) is 0 Å². The molecule has 0 spiro atoms. The summed E-state index contributed by atoms with van der Waals surface area (Å²) >= 11 is 0. The first-order chi connectivity index (χ1) is 8.71. The molecule has 3 heteroatoms. The molecular formula is C15H22N2O. The van der Waals surface area contributed by atoms with Crippen molar-refractivity contribution in [3.63, 3.8) is 0 Å². The van der Waals surface area contributed by atoms with E-state index in [1.807, 2.05) is 18.2 Å². The van der Waals surface area contributed by atoms with E-state index in [-0.39, 0.29) is 11.3 Å². The van der Waals surface area contributed by atoms with E-state index >= 15 is 0 Å². The first-order valence-electron chi connectivity index (χ1n) is 6.74. The van der Waals surface area contributed by atoms with Crippen LogP contribution < -0.4 is 10.6 Å². The molecule has 0 aliphatic carbocycles. The molecular weight excluding hydrogens is 224 g/mol. The zero-order valence-electron chi connectivity index (χ0n) is 11.0. The zero-order valence-corrected chi connectivity index (χ0v) is 11.0. The lowest BCUT2D eigenvalue weighted by molar-refractivity contribution is -0.131. The average molecular weight is 246 g/mol. The first-order valence-corrected chi connectivity index (χ1v) is 6.74. The second-order valence-corrected chi connectivity index (χ2v) is 5.33. The van der Waals surface area contributed by atoms with Crippen molar-refractivity contribution in [2.45, 2.75) is 26.2 Å². The van der Waals surface area contributed by atoms with Crippen molar-refractivity contribution in [3.8, 4) is 0 Å². The van der Waals surface area contributed by atoms with Crippen LogP contribution in [-0.2, 0) is 11.2 Å². The summed E-state index contributed by atoms with van der Waals surface area (Å²) < 4.78 is 0. The number of benzene rings is 1. The third-order valence-corrected chi connectivity index (χ3v) is 3.69. The highest BCUT2D eigenvalue weighted by atomic mass is 16.2. The number of rotatable bonds is 4. The summed E-state index contributed by atoms with van der Waals surface area (Å²) in [4.78, 5) is 12.2. The lowest BCUT2D eigenvalue weighted by atomic mass is 9.82. The Kier molecular flexibility index (Phi) is 4.37. The number of nitrogens with one attached hydrogen (secondary N) is 2. The Labute approximate surface area is 109 Å². The van der Waals surface area contributed by atoms with Crippen LogP contribution in [-0.4, -0.2) is 25.5 Å². The Morgan fingerprint density at radius 3 is 2.83 bits per heavy atom. The van der Waals surface area contributed by atoms with Gasteiger partial charge in [0.2, 0.25) is 5.91 Å². The Bertz CT molecular complexity index is 383. The fourth-order valence-corrected chi connectivity index (χ4v) is 2.43. The van der Waals surface area contributed by atoms with E-state index in [1.54, 1.807) is 0 Å². The van der Waals surface area contributed by atoms with Gasteiger partial charge in [0.15, 0.2) is 0 Å². The highest BCUT2D eigenvalue weighted by molar-refractivity contribution is 5.82. The van der Waals surface area contributed by atoms with Gasteiger partial charge in [-0.25, -0.2) is 0 Å². The monoisotopic (exact) mass is 246 g/mol. The maximum atomic E-state index is 12.2. The lowest BCUT2D eigenvalue weighted by Crippen LogP contribution is -2.49. The van der Waals surface area contributed by atoms with Gasteiger partial charge in [0.25, 0.3) is 0 Å². The molecule has 0 aromatic heterocycles. The van der Waals surface area contributed by atoms with E-state index in [0.29, 0.717) is 0 Å². The summed E-state index contributed by atoms with van der Waals surface area (Å²) in [7, 11) is 0. The first kappa shape index (κ1) is 13.1. The molecule has 1 aliphatic rings. The molecule has 0 saturated carbocycles. The van der Waals surface area contributed by atoms with Crippen molar-refractivity contribution in [3.05, 3.63) is 35.9 Å². The standard InChI is InChI=1S/C15H22N2O/c1-15(9-5-10-16-12-15)14(18)17-11-8-13-6-3-2-4-7-13/h2-4,6-7,16H,5,8-12H2,1H3,(H,17,18). The molecule has 1 amide bonds. The van der Waals surface area contributed by atoms with E-state index in [0.717, 1.165) is 38.9 Å². The van der Waals surface area contributed by atoms with Gasteiger partial charge in [-0.05, 0) is 38.3 Å². The normalized spacial score (nSPS) is 23.6. The number of hydrogen-bond acceptors (Lipinski definition) is 2. The average Bonchev–Trinajstić information content (AvgIpc) is 2.41. The minimum atomic E-state index is -0.227. The Morgan fingerprint density at radius 2 is 2.17 bits per heavy atom. The quantitative estimate of drug-likeness (QED) is 0.849. The predicted octanol–water partition coefficient (Wildman–Crippen LogP) is 1.74. The molecule has 0 bridgehead atoms. The largest absolute Gasteiger partial charge is 0.355 e. The Balaban J connectivity index is 1.78. The van der Waals surface area contributed by atoms with E-state index in [4.69, 9.17) is 0 Å². The smallest absolute Gasteiger partial charge is 0.227 e. The number of amides is 1. The van der Waals surface area contributed by atoms with Gasteiger partial charge in [-0.1, -0.05) is 30.3 Å². The van der Waals surface area contributed by atoms with Crippen LogP contribution in [0.25, 0.3) is 0 Å². The second-order valence-electron chi connectivity index (χ2n) is 5.33. The molecule has 2 N–H and O–H groups in total. The molecule has 2 rings (SSSR count). The number of piperidine rings is 1. The SMILES string of the molecule is CC1(C(=O)NCCc2ccccc2)CCCNC1. The van der Waals surface area contributed by atoms with Crippen molar-refractivity contribution in [1.82, 2.24) is 10.6 Å². The second kappa shape index (κ2) is 6.01. The van der Waals surface area contributed by atoms with E-state index in [2.05, 4.69) is 29.7 Å². The van der Waals surface area contributed by atoms with E-state index in [9.17, 15) is 4.79 Å². The molecule has 1 heterocycles. The highest BCUT2D eigenvalue weighted by Crippen LogP contribution is 2.25. The van der Waals surface area contributed by atoms with Gasteiger partial charge in [-0.2, -0.15) is 0 Å². The Morgan fingerprint density at radius 1 is 1.39 bits per heavy atom. The van der Waals surface area contributed by atoms with Gasteiger partial charge in [-0.15, -0.1) is 0 Å². The van der Waals surface area contributed by atoms with E-state index in [1.165, 1.54) is 5.56 Å². The van der Waals surface area contributed by atoms with Crippen molar-refractivity contribution >= 4 is 5.91 Å². The van der Waals surface area contributed by atoms with Crippen LogP contribution in [0, 0.1) is 5.41 Å². The molecule has 1 aromatic carbocycles. The van der Waals surface area contributed by atoms with Crippen LogP contribution in [0.1, 0.15) is 25.3 Å². The minimum Gasteiger partial charge on any atom is -0.355 e. The van der Waals surface area contributed by atoms with Crippen molar-refractivity contribution in [2.24, 2.45) is 5.41 Å². The lowest BCUT2D eigenvalue weighted by Gasteiger charge is -2.32. The summed E-state index contributed by atoms with van der Waals surface area (Å²) in [5.74, 6) is 0.186. The van der Waals surface area contributed by atoms with Gasteiger partial charge in [-0.3, -0.25) is 4.79 Å². The molecule has 3 nitrogen and oxygen atoms in total. The van der Waals surface area contributed by atoms with Crippen molar-refractivity contribution in [1.29, 1.82) is 0 Å². The van der Waals surface area contributed by atoms with Gasteiger partial charge >= 0.3 is 0 Å². The van der Waals surface area contributed by atoms with Crippen molar-refractivity contribution < 1.29 is 4.79 Å². The van der Waals surface area contributed by atoms with Gasteiger partial charge in [0.05, 0.1) is 5.41 Å². The van der Waals surface area contributed by atoms with E-state index < -0.39 is 0 Å². The molecule has 1 unspecified atom stereocenters. The minimum absolute atomic E-state index is 0.186. The molecule has 1 aliphatic heterocycles. The van der Waals surface area contributed by atoms with Crippen LogP contribution in [0.4, 0.5) is 0 Å². The summed E-state index contributed by atoms with van der Waals surface area (Å²) in [5.41, 5.74) is 1.04. The Hall–Kier alpha value is -1.35. The molecule has 1 atom stereocenters. The van der Waals surface area contributed by atoms with Crippen LogP contribution in [0.15, 0.2) is 30.3 Å². The summed E-state index contributed by atoms with van der Waals surface area (Å²) in [5, 5.41) is 6.37. The fourth-order valence-electron chi connectivity index (χ4n) is 2.43. The molecule has 1 saturated heterocycles. The maximum absolute atomic E-state index is 12.2. The van der Waals surface area contributed by atoms with Crippen LogP contribution in [0.3, 0.4) is 0 Å². The van der Waals surface area contributed by atoms with Crippen LogP contribution in [0.2, 0.25) is 0 Å². The third-order valence-electron chi connectivity index (χ3n) is 3.69. The number of carbonyl (C=O) groups is 1. The maximum Gasteiger partial charge on any atom is 0.227 e. The summed E-state index contributed by atoms with van der Waals surface area (Å²) in [6, 6.07) is 10.3. The summed E-state index contributed by atoms with van der Waals surface area (Å²) in [6.45, 7) is 4.60. The van der Waals surface area contributed by atoms with Gasteiger partial charge in [0.1, 0.15) is 0 Å². The summed E-state index contributed by atoms with van der Waals surface area (Å²) in [6.07, 6.45) is 2.97. The molecule has 1 aromatic rings.